The Morgan fingerprint density at radius 2 is 2.25 bits per heavy atom. The lowest BCUT2D eigenvalue weighted by molar-refractivity contribution is 0.755. The molecule has 16 heavy (non-hydrogen) atoms. The second-order valence-corrected chi connectivity index (χ2v) is 4.58. The van der Waals surface area contributed by atoms with Gasteiger partial charge >= 0.3 is 4.87 Å². The van der Waals surface area contributed by atoms with Crippen LogP contribution in [-0.4, -0.2) is 9.55 Å². The van der Waals surface area contributed by atoms with Crippen LogP contribution in [0.3, 0.4) is 0 Å². The fourth-order valence-corrected chi connectivity index (χ4v) is 2.11. The quantitative estimate of drug-likeness (QED) is 0.859. The molecule has 0 spiro atoms. The van der Waals surface area contributed by atoms with Gasteiger partial charge in [0.05, 0.1) is 12.2 Å². The molecule has 2 aromatic heterocycles. The average molecular weight is 235 g/mol. The third kappa shape index (κ3) is 1.86. The molecule has 2 rings (SSSR count). The predicted octanol–water partition coefficient (Wildman–Crippen LogP) is 1.55. The molecule has 2 heterocycles. The lowest BCUT2D eigenvalue weighted by atomic mass is 10.1. The molecule has 84 valence electrons. The maximum Gasteiger partial charge on any atom is 0.307 e. The van der Waals surface area contributed by atoms with Gasteiger partial charge in [0.2, 0.25) is 0 Å². The fourth-order valence-electron chi connectivity index (χ4n) is 1.52. The van der Waals surface area contributed by atoms with Gasteiger partial charge < -0.3 is 5.73 Å². The molecule has 0 aliphatic heterocycles. The van der Waals surface area contributed by atoms with Crippen molar-refractivity contribution in [3.63, 3.8) is 0 Å². The van der Waals surface area contributed by atoms with Crippen LogP contribution in [0, 0.1) is 13.8 Å². The molecule has 0 unspecified atom stereocenters. The summed E-state index contributed by atoms with van der Waals surface area (Å²) in [5.74, 6) is 0. The summed E-state index contributed by atoms with van der Waals surface area (Å²) in [6.07, 6.45) is 3.51. The second-order valence-electron chi connectivity index (χ2n) is 3.72. The van der Waals surface area contributed by atoms with Crippen molar-refractivity contribution in [2.45, 2.75) is 20.4 Å². The van der Waals surface area contributed by atoms with Gasteiger partial charge in [-0.05, 0) is 25.0 Å². The van der Waals surface area contributed by atoms with Crippen molar-refractivity contribution >= 4 is 17.0 Å². The summed E-state index contributed by atoms with van der Waals surface area (Å²) in [6, 6.07) is 0. The van der Waals surface area contributed by atoms with Crippen LogP contribution in [0.15, 0.2) is 22.6 Å². The smallest absolute Gasteiger partial charge is 0.307 e. The van der Waals surface area contributed by atoms with Gasteiger partial charge in [-0.3, -0.25) is 14.3 Å². The molecular formula is C11H13N3OS. The van der Waals surface area contributed by atoms with Gasteiger partial charge in [-0.25, -0.2) is 0 Å². The minimum absolute atomic E-state index is 0.0281. The monoisotopic (exact) mass is 235 g/mol. The highest BCUT2D eigenvalue weighted by molar-refractivity contribution is 7.07. The Balaban J connectivity index is 2.40. The molecule has 2 N–H and O–H groups in total. The molecule has 0 amide bonds. The van der Waals surface area contributed by atoms with Crippen LogP contribution in [0.5, 0.6) is 0 Å². The molecule has 2 aromatic rings. The van der Waals surface area contributed by atoms with Gasteiger partial charge in [0, 0.05) is 23.5 Å². The number of aromatic nitrogens is 2. The maximum atomic E-state index is 11.4. The van der Waals surface area contributed by atoms with Crippen molar-refractivity contribution in [2.24, 2.45) is 0 Å². The van der Waals surface area contributed by atoms with Gasteiger partial charge in [-0.1, -0.05) is 11.3 Å². The van der Waals surface area contributed by atoms with E-state index in [0.29, 0.717) is 6.54 Å². The minimum atomic E-state index is 0.0281. The summed E-state index contributed by atoms with van der Waals surface area (Å²) in [7, 11) is 0. The van der Waals surface area contributed by atoms with Crippen LogP contribution in [0.4, 0.5) is 5.69 Å². The number of nitrogen functional groups attached to an aromatic ring is 1. The van der Waals surface area contributed by atoms with Crippen LogP contribution in [0.2, 0.25) is 0 Å². The summed E-state index contributed by atoms with van der Waals surface area (Å²) < 4.78 is 1.63. The summed E-state index contributed by atoms with van der Waals surface area (Å²) >= 11 is 1.19. The highest BCUT2D eigenvalue weighted by Crippen LogP contribution is 2.18. The molecule has 0 aromatic carbocycles. The largest absolute Gasteiger partial charge is 0.398 e. The Hall–Kier alpha value is -1.62. The van der Waals surface area contributed by atoms with E-state index < -0.39 is 0 Å². The molecule has 0 saturated carbocycles. The zero-order valence-electron chi connectivity index (χ0n) is 9.23. The van der Waals surface area contributed by atoms with E-state index in [9.17, 15) is 4.79 Å². The van der Waals surface area contributed by atoms with Crippen LogP contribution >= 0.6 is 11.3 Å². The first-order valence-electron chi connectivity index (χ1n) is 4.94. The molecule has 0 saturated heterocycles. The summed E-state index contributed by atoms with van der Waals surface area (Å²) in [6.45, 7) is 4.34. The van der Waals surface area contributed by atoms with E-state index in [-0.39, 0.29) is 4.87 Å². The van der Waals surface area contributed by atoms with E-state index in [0.717, 1.165) is 22.5 Å². The van der Waals surface area contributed by atoms with Crippen molar-refractivity contribution in [1.82, 2.24) is 9.55 Å². The van der Waals surface area contributed by atoms with Crippen molar-refractivity contribution in [2.75, 3.05) is 5.73 Å². The SMILES string of the molecule is Cc1cnc(Cn2ccsc2=O)c(C)c1N. The topological polar surface area (TPSA) is 60.9 Å². The van der Waals surface area contributed by atoms with Crippen LogP contribution in [-0.2, 0) is 6.54 Å². The number of nitrogens with zero attached hydrogens (tertiary/aromatic N) is 2. The summed E-state index contributed by atoms with van der Waals surface area (Å²) in [5.41, 5.74) is 9.46. The van der Waals surface area contributed by atoms with E-state index >= 15 is 0 Å². The Morgan fingerprint density at radius 1 is 1.50 bits per heavy atom. The van der Waals surface area contributed by atoms with Crippen molar-refractivity contribution in [1.29, 1.82) is 0 Å². The number of hydrogen-bond donors (Lipinski definition) is 1. The average Bonchev–Trinajstić information content (AvgIpc) is 2.65. The zero-order valence-corrected chi connectivity index (χ0v) is 10.0. The van der Waals surface area contributed by atoms with Crippen molar-refractivity contribution in [3.8, 4) is 0 Å². The molecule has 0 fully saturated rings. The molecule has 0 radical (unpaired) electrons. The number of hydrogen-bond acceptors (Lipinski definition) is 4. The van der Waals surface area contributed by atoms with Gasteiger partial charge in [-0.15, -0.1) is 0 Å². The van der Waals surface area contributed by atoms with Crippen LogP contribution < -0.4 is 10.6 Å². The highest BCUT2D eigenvalue weighted by Gasteiger charge is 2.07. The van der Waals surface area contributed by atoms with E-state index in [2.05, 4.69) is 4.98 Å². The normalized spacial score (nSPS) is 10.6. The Bertz CT molecular complexity index is 571. The Kier molecular flexibility index (Phi) is 2.78. The molecule has 4 nitrogen and oxygen atoms in total. The first kappa shape index (κ1) is 10.9. The zero-order chi connectivity index (χ0) is 11.7. The fraction of sp³-hybridized carbons (Fsp3) is 0.273. The highest BCUT2D eigenvalue weighted by atomic mass is 32.1. The molecular weight excluding hydrogens is 222 g/mol. The van der Waals surface area contributed by atoms with E-state index in [1.165, 1.54) is 11.3 Å². The number of thiazole rings is 1. The number of aryl methyl sites for hydroxylation is 1. The van der Waals surface area contributed by atoms with Crippen molar-refractivity contribution < 1.29 is 0 Å². The van der Waals surface area contributed by atoms with Gasteiger partial charge in [0.25, 0.3) is 0 Å². The summed E-state index contributed by atoms with van der Waals surface area (Å²) in [5, 5.41) is 1.77. The van der Waals surface area contributed by atoms with Crippen molar-refractivity contribution in [3.05, 3.63) is 44.3 Å². The second kappa shape index (κ2) is 4.09. The van der Waals surface area contributed by atoms with Crippen LogP contribution in [0.25, 0.3) is 0 Å². The standard InChI is InChI=1S/C11H13N3OS/c1-7-5-13-9(8(2)10(7)12)6-14-3-4-16-11(14)15/h3-5H,6H2,1-2H3,(H2,12,13). The number of pyridine rings is 1. The third-order valence-corrected chi connectivity index (χ3v) is 3.33. The number of rotatable bonds is 2. The minimum Gasteiger partial charge on any atom is -0.398 e. The molecule has 0 atom stereocenters. The Morgan fingerprint density at radius 3 is 2.88 bits per heavy atom. The molecule has 0 bridgehead atoms. The van der Waals surface area contributed by atoms with E-state index in [1.807, 2.05) is 13.8 Å². The Labute approximate surface area is 97.4 Å². The first-order valence-corrected chi connectivity index (χ1v) is 5.82. The molecule has 5 heteroatoms. The summed E-state index contributed by atoms with van der Waals surface area (Å²) in [4.78, 5) is 15.8. The van der Waals surface area contributed by atoms with Gasteiger partial charge in [0.15, 0.2) is 0 Å². The molecule has 0 aliphatic rings. The number of anilines is 1. The third-order valence-electron chi connectivity index (χ3n) is 2.64. The predicted molar refractivity (Wildman–Crippen MR) is 65.8 cm³/mol. The lowest BCUT2D eigenvalue weighted by Gasteiger charge is -2.09. The van der Waals surface area contributed by atoms with Gasteiger partial charge in [-0.2, -0.15) is 0 Å². The number of nitrogens with two attached hydrogens (primary N) is 1. The lowest BCUT2D eigenvalue weighted by Crippen LogP contribution is -2.15. The van der Waals surface area contributed by atoms with Gasteiger partial charge in [0.1, 0.15) is 0 Å². The molecule has 0 aliphatic carbocycles. The van der Waals surface area contributed by atoms with E-state index in [1.54, 1.807) is 22.3 Å². The van der Waals surface area contributed by atoms with Crippen LogP contribution in [0.1, 0.15) is 16.8 Å². The van der Waals surface area contributed by atoms with E-state index in [4.69, 9.17) is 5.73 Å². The first-order chi connectivity index (χ1) is 7.59. The maximum absolute atomic E-state index is 11.4.